The summed E-state index contributed by atoms with van der Waals surface area (Å²) in [5.74, 6) is -1.19. The summed E-state index contributed by atoms with van der Waals surface area (Å²) in [6.07, 6.45) is -1.14. The fourth-order valence-electron chi connectivity index (χ4n) is 1.97. The molecule has 0 saturated carbocycles. The van der Waals surface area contributed by atoms with Gasteiger partial charge in [-0.3, -0.25) is 5.32 Å². The van der Waals surface area contributed by atoms with Crippen LogP contribution < -0.4 is 10.5 Å². The third-order valence-electron chi connectivity index (χ3n) is 3.45. The maximum atomic E-state index is 12.1. The van der Waals surface area contributed by atoms with E-state index in [1.165, 1.54) is 18.2 Å². The van der Waals surface area contributed by atoms with Gasteiger partial charge in [0.05, 0.1) is 10.5 Å². The molecule has 132 valence electrons. The van der Waals surface area contributed by atoms with Gasteiger partial charge in [-0.1, -0.05) is 12.1 Å². The van der Waals surface area contributed by atoms with E-state index in [0.29, 0.717) is 11.4 Å². The minimum absolute atomic E-state index is 0.0295. The van der Waals surface area contributed by atoms with E-state index in [9.17, 15) is 18.0 Å². The van der Waals surface area contributed by atoms with Gasteiger partial charge in [-0.25, -0.2) is 33.1 Å². The van der Waals surface area contributed by atoms with Crippen LogP contribution in [-0.2, 0) is 14.8 Å². The first-order chi connectivity index (χ1) is 11.6. The quantitative estimate of drug-likeness (QED) is 0.620. The molecule has 0 bridgehead atoms. The second-order valence-electron chi connectivity index (χ2n) is 5.19. The van der Waals surface area contributed by atoms with Gasteiger partial charge in [0.1, 0.15) is 0 Å². The molecule has 1 heterocycles. The van der Waals surface area contributed by atoms with Crippen LogP contribution in [0.3, 0.4) is 0 Å². The molecule has 0 radical (unpaired) electrons. The SMILES string of the molecule is Cc1nc(NC(=O)OC(=O)c2ccccc2S(N)(=O)=O)nc(C)c1C. The van der Waals surface area contributed by atoms with Crippen LogP contribution in [0, 0.1) is 20.8 Å². The maximum absolute atomic E-state index is 12.1. The molecule has 0 aliphatic carbocycles. The number of rotatable bonds is 3. The number of sulfonamides is 1. The first-order valence-electron chi connectivity index (χ1n) is 7.06. The smallest absolute Gasteiger partial charge is 0.372 e. The number of anilines is 1. The summed E-state index contributed by atoms with van der Waals surface area (Å²) >= 11 is 0. The molecule has 25 heavy (non-hydrogen) atoms. The number of aromatic nitrogens is 2. The number of benzene rings is 1. The van der Waals surface area contributed by atoms with E-state index in [2.05, 4.69) is 20.0 Å². The second kappa shape index (κ2) is 6.95. The van der Waals surface area contributed by atoms with Crippen molar-refractivity contribution in [3.8, 4) is 0 Å². The predicted octanol–water partition coefficient (Wildman–Crippen LogP) is 1.44. The Morgan fingerprint density at radius 1 is 1.08 bits per heavy atom. The number of amides is 1. The van der Waals surface area contributed by atoms with Crippen LogP contribution in [0.4, 0.5) is 10.7 Å². The summed E-state index contributed by atoms with van der Waals surface area (Å²) in [5, 5.41) is 7.27. The van der Waals surface area contributed by atoms with Crippen LogP contribution in [0.1, 0.15) is 27.3 Å². The number of hydrogen-bond donors (Lipinski definition) is 2. The van der Waals surface area contributed by atoms with Crippen LogP contribution in [0.25, 0.3) is 0 Å². The molecule has 0 saturated heterocycles. The number of nitrogens with zero attached hydrogens (tertiary/aromatic N) is 2. The highest BCUT2D eigenvalue weighted by atomic mass is 32.2. The fraction of sp³-hybridized carbons (Fsp3) is 0.200. The predicted molar refractivity (Wildman–Crippen MR) is 88.5 cm³/mol. The van der Waals surface area contributed by atoms with Crippen molar-refractivity contribution < 1.29 is 22.7 Å². The standard InChI is InChI=1S/C15H16N4O5S/c1-8-9(2)17-14(18-10(8)3)19-15(21)24-13(20)11-6-4-5-7-12(11)25(16,22)23/h4-7H,1-3H3,(H2,16,22,23)(H,17,18,19,21). The Morgan fingerprint density at radius 3 is 2.20 bits per heavy atom. The molecule has 10 heteroatoms. The summed E-state index contributed by atoms with van der Waals surface area (Å²) in [7, 11) is -4.15. The summed E-state index contributed by atoms with van der Waals surface area (Å²) in [5.41, 5.74) is 1.84. The van der Waals surface area contributed by atoms with Crippen LogP contribution >= 0.6 is 0 Å². The number of primary sulfonamides is 1. The number of hydrogen-bond acceptors (Lipinski definition) is 7. The first-order valence-corrected chi connectivity index (χ1v) is 8.61. The van der Waals surface area contributed by atoms with Crippen molar-refractivity contribution in [2.24, 2.45) is 5.14 Å². The Hall–Kier alpha value is -2.85. The Bertz CT molecular complexity index is 933. The Kier molecular flexibility index (Phi) is 5.14. The number of nitrogens with two attached hydrogens (primary N) is 1. The van der Waals surface area contributed by atoms with Crippen LogP contribution in [-0.4, -0.2) is 30.4 Å². The van der Waals surface area contributed by atoms with Gasteiger partial charge in [0, 0.05) is 11.4 Å². The van der Waals surface area contributed by atoms with E-state index >= 15 is 0 Å². The zero-order valence-corrected chi connectivity index (χ0v) is 14.5. The molecule has 2 rings (SSSR count). The van der Waals surface area contributed by atoms with Gasteiger partial charge >= 0.3 is 12.1 Å². The number of aryl methyl sites for hydroxylation is 2. The van der Waals surface area contributed by atoms with Crippen LogP contribution in [0.2, 0.25) is 0 Å². The van der Waals surface area contributed by atoms with E-state index in [0.717, 1.165) is 11.6 Å². The molecule has 1 aromatic heterocycles. The van der Waals surface area contributed by atoms with Crippen molar-refractivity contribution in [3.05, 3.63) is 46.8 Å². The van der Waals surface area contributed by atoms with E-state index in [4.69, 9.17) is 5.14 Å². The number of nitrogens with one attached hydrogen (secondary N) is 1. The topological polar surface area (TPSA) is 141 Å². The Balaban J connectivity index is 2.18. The van der Waals surface area contributed by atoms with Crippen molar-refractivity contribution in [1.29, 1.82) is 0 Å². The van der Waals surface area contributed by atoms with Crippen molar-refractivity contribution in [3.63, 3.8) is 0 Å². The summed E-state index contributed by atoms with van der Waals surface area (Å²) in [6.45, 7) is 5.32. The molecule has 0 aliphatic heterocycles. The molecule has 0 fully saturated rings. The van der Waals surface area contributed by atoms with E-state index in [1.54, 1.807) is 13.8 Å². The lowest BCUT2D eigenvalue weighted by Gasteiger charge is -2.09. The number of carbonyl (C=O) groups excluding carboxylic acids is 2. The molecule has 0 atom stereocenters. The van der Waals surface area contributed by atoms with Crippen molar-refractivity contribution in [1.82, 2.24) is 9.97 Å². The van der Waals surface area contributed by atoms with Gasteiger partial charge in [0.25, 0.3) is 0 Å². The van der Waals surface area contributed by atoms with Crippen molar-refractivity contribution in [2.75, 3.05) is 5.32 Å². The van der Waals surface area contributed by atoms with Gasteiger partial charge in [0.2, 0.25) is 16.0 Å². The molecule has 1 amide bonds. The van der Waals surface area contributed by atoms with Gasteiger partial charge < -0.3 is 4.74 Å². The van der Waals surface area contributed by atoms with E-state index in [1.807, 2.05) is 6.92 Å². The van der Waals surface area contributed by atoms with E-state index in [-0.39, 0.29) is 11.5 Å². The van der Waals surface area contributed by atoms with E-state index < -0.39 is 27.0 Å². The molecule has 0 spiro atoms. The lowest BCUT2D eigenvalue weighted by Crippen LogP contribution is -2.23. The minimum atomic E-state index is -4.15. The van der Waals surface area contributed by atoms with Crippen LogP contribution in [0.15, 0.2) is 29.2 Å². The highest BCUT2D eigenvalue weighted by Crippen LogP contribution is 2.15. The molecular weight excluding hydrogens is 348 g/mol. The van der Waals surface area contributed by atoms with Gasteiger partial charge in [-0.2, -0.15) is 0 Å². The largest absolute Gasteiger partial charge is 0.422 e. The molecule has 0 unspecified atom stereocenters. The Labute approximate surface area is 144 Å². The third-order valence-corrected chi connectivity index (χ3v) is 4.41. The fourth-order valence-corrected chi connectivity index (χ4v) is 2.69. The van der Waals surface area contributed by atoms with Gasteiger partial charge in [-0.15, -0.1) is 0 Å². The number of ether oxygens (including phenoxy) is 1. The molecule has 1 aromatic carbocycles. The highest BCUT2D eigenvalue weighted by molar-refractivity contribution is 7.89. The van der Waals surface area contributed by atoms with Crippen molar-refractivity contribution >= 4 is 28.0 Å². The monoisotopic (exact) mass is 364 g/mol. The molecular formula is C15H16N4O5S. The minimum Gasteiger partial charge on any atom is -0.372 e. The lowest BCUT2D eigenvalue weighted by atomic mass is 10.2. The first kappa shape index (κ1) is 18.5. The molecule has 3 N–H and O–H groups in total. The lowest BCUT2D eigenvalue weighted by molar-refractivity contribution is 0.0641. The maximum Gasteiger partial charge on any atom is 0.422 e. The summed E-state index contributed by atoms with van der Waals surface area (Å²) in [4.78, 5) is 31.6. The normalized spacial score (nSPS) is 11.0. The molecule has 0 aliphatic rings. The van der Waals surface area contributed by atoms with Gasteiger partial charge in [-0.05, 0) is 38.5 Å². The second-order valence-corrected chi connectivity index (χ2v) is 6.72. The summed E-state index contributed by atoms with van der Waals surface area (Å²) in [6, 6.07) is 5.13. The molecule has 2 aromatic rings. The third kappa shape index (κ3) is 4.37. The Morgan fingerprint density at radius 2 is 1.64 bits per heavy atom. The average Bonchev–Trinajstić information content (AvgIpc) is 2.51. The summed E-state index contributed by atoms with van der Waals surface area (Å²) < 4.78 is 27.6. The van der Waals surface area contributed by atoms with Crippen molar-refractivity contribution in [2.45, 2.75) is 25.7 Å². The van der Waals surface area contributed by atoms with Gasteiger partial charge in [0.15, 0.2) is 0 Å². The highest BCUT2D eigenvalue weighted by Gasteiger charge is 2.22. The number of esters is 1. The average molecular weight is 364 g/mol. The number of carbonyl (C=O) groups is 2. The molecule has 9 nitrogen and oxygen atoms in total. The zero-order valence-electron chi connectivity index (χ0n) is 13.7. The van der Waals surface area contributed by atoms with Crippen LogP contribution in [0.5, 0.6) is 0 Å². The zero-order chi connectivity index (χ0) is 18.8.